The van der Waals surface area contributed by atoms with Gasteiger partial charge in [-0.25, -0.2) is 0 Å². The monoisotopic (exact) mass is 338 g/mol. The van der Waals surface area contributed by atoms with Gasteiger partial charge in [-0.15, -0.1) is 0 Å². The molecule has 0 unspecified atom stereocenters. The van der Waals surface area contributed by atoms with Gasteiger partial charge in [0.05, 0.1) is 26.4 Å². The predicted molar refractivity (Wildman–Crippen MR) is 102 cm³/mol. The predicted octanol–water partition coefficient (Wildman–Crippen LogP) is 2.95. The third kappa shape index (κ3) is 3.80. The third-order valence-electron chi connectivity index (χ3n) is 5.07. The van der Waals surface area contributed by atoms with Gasteiger partial charge in [-0.1, -0.05) is 36.4 Å². The van der Waals surface area contributed by atoms with Crippen molar-refractivity contribution in [1.82, 2.24) is 0 Å². The van der Waals surface area contributed by atoms with E-state index in [2.05, 4.69) is 58.3 Å². The lowest BCUT2D eigenvalue weighted by Crippen LogP contribution is -2.37. The molecule has 25 heavy (non-hydrogen) atoms. The molecule has 2 saturated heterocycles. The average molecular weight is 338 g/mol. The Morgan fingerprint density at radius 2 is 1.00 bits per heavy atom. The highest BCUT2D eigenvalue weighted by Crippen LogP contribution is 2.29. The summed E-state index contributed by atoms with van der Waals surface area (Å²) in [6.07, 6.45) is 0.959. The van der Waals surface area contributed by atoms with Crippen LogP contribution in [0.4, 0.5) is 11.4 Å². The molecule has 0 saturated carbocycles. The lowest BCUT2D eigenvalue weighted by atomic mass is 10.00. The lowest BCUT2D eigenvalue weighted by molar-refractivity contribution is 0.122. The number of hydrogen-bond donors (Lipinski definition) is 0. The van der Waals surface area contributed by atoms with E-state index in [1.54, 1.807) is 0 Å². The fourth-order valence-corrected chi connectivity index (χ4v) is 3.75. The molecule has 0 atom stereocenters. The van der Waals surface area contributed by atoms with Crippen LogP contribution in [0.2, 0.25) is 0 Å². The van der Waals surface area contributed by atoms with Crippen LogP contribution in [-0.4, -0.2) is 52.6 Å². The summed E-state index contributed by atoms with van der Waals surface area (Å²) in [7, 11) is 0. The van der Waals surface area contributed by atoms with Gasteiger partial charge in [-0.3, -0.25) is 0 Å². The maximum atomic E-state index is 5.52. The second-order valence-electron chi connectivity index (χ2n) is 6.63. The maximum Gasteiger partial charge on any atom is 0.0642 e. The van der Waals surface area contributed by atoms with Crippen LogP contribution in [0, 0.1) is 0 Å². The van der Waals surface area contributed by atoms with Crippen LogP contribution < -0.4 is 9.80 Å². The van der Waals surface area contributed by atoms with Crippen LogP contribution in [0.25, 0.3) is 0 Å². The van der Waals surface area contributed by atoms with Crippen molar-refractivity contribution in [2.24, 2.45) is 0 Å². The SMILES string of the molecule is c1ccc(N2CCOCC2)c(Cc2ccccc2N2CCOCC2)c1. The van der Waals surface area contributed by atoms with Crippen LogP contribution in [0.5, 0.6) is 0 Å². The molecule has 4 nitrogen and oxygen atoms in total. The zero-order chi connectivity index (χ0) is 16.9. The first-order valence-corrected chi connectivity index (χ1v) is 9.23. The van der Waals surface area contributed by atoms with Gasteiger partial charge in [0, 0.05) is 44.0 Å². The van der Waals surface area contributed by atoms with Crippen molar-refractivity contribution in [2.75, 3.05) is 62.4 Å². The summed E-state index contributed by atoms with van der Waals surface area (Å²) in [5, 5.41) is 0. The molecule has 0 N–H and O–H groups in total. The summed E-state index contributed by atoms with van der Waals surface area (Å²) in [6, 6.07) is 17.6. The molecule has 0 aromatic heterocycles. The standard InChI is InChI=1S/C21H26N2O2/c1-3-7-20(22-9-13-24-14-10-22)18(5-1)17-19-6-2-4-8-21(19)23-11-15-25-16-12-23/h1-8H,9-17H2. The lowest BCUT2D eigenvalue weighted by Gasteiger charge is -2.32. The number of ether oxygens (including phenoxy) is 2. The Labute approximate surface area is 150 Å². The smallest absolute Gasteiger partial charge is 0.0642 e. The highest BCUT2D eigenvalue weighted by molar-refractivity contribution is 5.60. The molecule has 132 valence electrons. The normalized spacial score (nSPS) is 18.4. The van der Waals surface area contributed by atoms with Gasteiger partial charge in [0.15, 0.2) is 0 Å². The van der Waals surface area contributed by atoms with E-state index < -0.39 is 0 Å². The summed E-state index contributed by atoms with van der Waals surface area (Å²) in [4.78, 5) is 4.91. The first-order valence-electron chi connectivity index (χ1n) is 9.23. The highest BCUT2D eigenvalue weighted by Gasteiger charge is 2.18. The highest BCUT2D eigenvalue weighted by atomic mass is 16.5. The van der Waals surface area contributed by atoms with E-state index >= 15 is 0 Å². The van der Waals surface area contributed by atoms with Gasteiger partial charge in [0.2, 0.25) is 0 Å². The van der Waals surface area contributed by atoms with Crippen molar-refractivity contribution in [1.29, 1.82) is 0 Å². The minimum Gasteiger partial charge on any atom is -0.378 e. The number of nitrogens with zero attached hydrogens (tertiary/aromatic N) is 2. The molecular weight excluding hydrogens is 312 g/mol. The summed E-state index contributed by atoms with van der Waals surface area (Å²) in [6.45, 7) is 7.17. The van der Waals surface area contributed by atoms with Gasteiger partial charge in [0.25, 0.3) is 0 Å². The molecule has 0 radical (unpaired) electrons. The molecular formula is C21H26N2O2. The van der Waals surface area contributed by atoms with E-state index in [0.717, 1.165) is 59.0 Å². The number of rotatable bonds is 4. The minimum absolute atomic E-state index is 0.818. The average Bonchev–Trinajstić information content (AvgIpc) is 2.70. The Hall–Kier alpha value is -2.04. The molecule has 2 aliphatic heterocycles. The molecule has 0 spiro atoms. The summed E-state index contributed by atoms with van der Waals surface area (Å²) in [5.41, 5.74) is 5.49. The van der Waals surface area contributed by atoms with E-state index in [1.807, 2.05) is 0 Å². The number of benzene rings is 2. The van der Waals surface area contributed by atoms with Crippen molar-refractivity contribution in [3.63, 3.8) is 0 Å². The summed E-state index contributed by atoms with van der Waals surface area (Å²) in [5.74, 6) is 0. The van der Waals surface area contributed by atoms with E-state index in [0.29, 0.717) is 0 Å². The van der Waals surface area contributed by atoms with Crippen LogP contribution in [0.1, 0.15) is 11.1 Å². The molecule has 0 amide bonds. The van der Waals surface area contributed by atoms with E-state index in [1.165, 1.54) is 22.5 Å². The van der Waals surface area contributed by atoms with Crippen LogP contribution in [0.15, 0.2) is 48.5 Å². The molecule has 4 heteroatoms. The van der Waals surface area contributed by atoms with Crippen molar-refractivity contribution in [3.05, 3.63) is 59.7 Å². The van der Waals surface area contributed by atoms with Crippen molar-refractivity contribution >= 4 is 11.4 Å². The molecule has 0 aliphatic carbocycles. The number of anilines is 2. The van der Waals surface area contributed by atoms with Crippen molar-refractivity contribution < 1.29 is 9.47 Å². The Morgan fingerprint density at radius 3 is 1.44 bits per heavy atom. The second-order valence-corrected chi connectivity index (χ2v) is 6.63. The maximum absolute atomic E-state index is 5.52. The van der Waals surface area contributed by atoms with Crippen molar-refractivity contribution in [2.45, 2.75) is 6.42 Å². The number of hydrogen-bond acceptors (Lipinski definition) is 4. The largest absolute Gasteiger partial charge is 0.378 e. The summed E-state index contributed by atoms with van der Waals surface area (Å²) >= 11 is 0. The second kappa shape index (κ2) is 7.89. The molecule has 2 aromatic carbocycles. The molecule has 0 bridgehead atoms. The van der Waals surface area contributed by atoms with Gasteiger partial charge >= 0.3 is 0 Å². The van der Waals surface area contributed by atoms with E-state index in [9.17, 15) is 0 Å². The van der Waals surface area contributed by atoms with Gasteiger partial charge in [-0.2, -0.15) is 0 Å². The first-order chi connectivity index (χ1) is 12.4. The summed E-state index contributed by atoms with van der Waals surface area (Å²) < 4.78 is 11.0. The zero-order valence-corrected chi connectivity index (χ0v) is 14.7. The topological polar surface area (TPSA) is 24.9 Å². The Balaban J connectivity index is 1.60. The fraction of sp³-hybridized carbons (Fsp3) is 0.429. The quantitative estimate of drug-likeness (QED) is 0.856. The minimum atomic E-state index is 0.818. The van der Waals surface area contributed by atoms with E-state index in [4.69, 9.17) is 9.47 Å². The van der Waals surface area contributed by atoms with Gasteiger partial charge in [0.1, 0.15) is 0 Å². The first kappa shape index (κ1) is 16.4. The third-order valence-corrected chi connectivity index (χ3v) is 5.07. The molecule has 2 aliphatic rings. The number of morpholine rings is 2. The molecule has 2 aromatic rings. The Bertz CT molecular complexity index is 632. The Kier molecular flexibility index (Phi) is 5.19. The molecule has 2 heterocycles. The van der Waals surface area contributed by atoms with E-state index in [-0.39, 0.29) is 0 Å². The van der Waals surface area contributed by atoms with Crippen LogP contribution in [-0.2, 0) is 15.9 Å². The zero-order valence-electron chi connectivity index (χ0n) is 14.7. The fourth-order valence-electron chi connectivity index (χ4n) is 3.75. The Morgan fingerprint density at radius 1 is 0.600 bits per heavy atom. The number of para-hydroxylation sites is 2. The molecule has 2 fully saturated rings. The van der Waals surface area contributed by atoms with Crippen molar-refractivity contribution in [3.8, 4) is 0 Å². The van der Waals surface area contributed by atoms with Crippen LogP contribution in [0.3, 0.4) is 0 Å². The van der Waals surface area contributed by atoms with Gasteiger partial charge < -0.3 is 19.3 Å². The van der Waals surface area contributed by atoms with Crippen LogP contribution >= 0.6 is 0 Å². The van der Waals surface area contributed by atoms with Gasteiger partial charge in [-0.05, 0) is 23.3 Å². The molecule has 4 rings (SSSR count).